The number of halogens is 1. The highest BCUT2D eigenvalue weighted by Gasteiger charge is 2.11. The van der Waals surface area contributed by atoms with Crippen molar-refractivity contribution >= 4 is 49.1 Å². The fourth-order valence-corrected chi connectivity index (χ4v) is 3.98. The summed E-state index contributed by atoms with van der Waals surface area (Å²) >= 11 is 7.05. The van der Waals surface area contributed by atoms with Gasteiger partial charge >= 0.3 is 0 Å². The monoisotopic (exact) mass is 288 g/mol. The summed E-state index contributed by atoms with van der Waals surface area (Å²) in [7, 11) is 1.71. The minimum atomic E-state index is 0.944. The smallest absolute Gasteiger partial charge is 0.135 e. The number of methoxy groups -OCH3 is 1. The summed E-state index contributed by atoms with van der Waals surface area (Å²) < 4.78 is 7.75. The highest BCUT2D eigenvalue weighted by Crippen LogP contribution is 2.41. The SMILES string of the molecule is COc1cc2sccc2c(Br)c1SC. The van der Waals surface area contributed by atoms with Gasteiger partial charge in [0.25, 0.3) is 0 Å². The van der Waals surface area contributed by atoms with E-state index in [0.717, 1.165) is 10.2 Å². The molecule has 0 fully saturated rings. The lowest BCUT2D eigenvalue weighted by Gasteiger charge is -2.08. The molecule has 2 aromatic rings. The van der Waals surface area contributed by atoms with Gasteiger partial charge in [0.2, 0.25) is 0 Å². The number of benzene rings is 1. The van der Waals surface area contributed by atoms with Crippen LogP contribution in [0.3, 0.4) is 0 Å². The highest BCUT2D eigenvalue weighted by molar-refractivity contribution is 9.10. The zero-order chi connectivity index (χ0) is 10.1. The summed E-state index contributed by atoms with van der Waals surface area (Å²) in [5, 5.41) is 3.36. The second kappa shape index (κ2) is 4.13. The Morgan fingerprint density at radius 1 is 1.50 bits per heavy atom. The third kappa shape index (κ3) is 1.55. The van der Waals surface area contributed by atoms with Crippen molar-refractivity contribution in [2.75, 3.05) is 13.4 Å². The average Bonchev–Trinajstić information content (AvgIpc) is 2.65. The Morgan fingerprint density at radius 2 is 2.29 bits per heavy atom. The van der Waals surface area contributed by atoms with Gasteiger partial charge in [0.15, 0.2) is 0 Å². The Labute approximate surface area is 99.6 Å². The van der Waals surface area contributed by atoms with E-state index < -0.39 is 0 Å². The molecule has 0 saturated carbocycles. The van der Waals surface area contributed by atoms with Gasteiger partial charge in [-0.05, 0) is 39.7 Å². The molecule has 0 saturated heterocycles. The first kappa shape index (κ1) is 10.3. The molecule has 0 aliphatic rings. The number of hydrogen-bond donors (Lipinski definition) is 0. The fraction of sp³-hybridized carbons (Fsp3) is 0.200. The predicted molar refractivity (Wildman–Crippen MR) is 67.9 cm³/mol. The Hall–Kier alpha value is -0.190. The molecule has 74 valence electrons. The first-order valence-corrected chi connectivity index (χ1v) is 6.95. The van der Waals surface area contributed by atoms with Gasteiger partial charge in [0, 0.05) is 14.6 Å². The molecule has 4 heteroatoms. The summed E-state index contributed by atoms with van der Waals surface area (Å²) in [6, 6.07) is 4.22. The molecule has 0 radical (unpaired) electrons. The second-order valence-corrected chi connectivity index (χ2v) is 5.32. The molecule has 0 atom stereocenters. The van der Waals surface area contributed by atoms with Crippen LogP contribution in [0.4, 0.5) is 0 Å². The number of thioether (sulfide) groups is 1. The van der Waals surface area contributed by atoms with Gasteiger partial charge in [-0.15, -0.1) is 23.1 Å². The standard InChI is InChI=1S/C10H9BrOS2/c1-12-7-5-8-6(3-4-14-8)9(11)10(7)13-2/h3-5H,1-2H3. The van der Waals surface area contributed by atoms with Crippen LogP contribution in [-0.4, -0.2) is 13.4 Å². The van der Waals surface area contributed by atoms with Crippen LogP contribution in [0.1, 0.15) is 0 Å². The Balaban J connectivity index is 2.79. The van der Waals surface area contributed by atoms with Gasteiger partial charge < -0.3 is 4.74 Å². The van der Waals surface area contributed by atoms with E-state index in [1.54, 1.807) is 30.2 Å². The van der Waals surface area contributed by atoms with Crippen LogP contribution in [0.2, 0.25) is 0 Å². The van der Waals surface area contributed by atoms with Crippen LogP contribution >= 0.6 is 39.0 Å². The molecule has 0 bridgehead atoms. The lowest BCUT2D eigenvalue weighted by molar-refractivity contribution is 0.405. The quantitative estimate of drug-likeness (QED) is 0.758. The van der Waals surface area contributed by atoms with Crippen LogP contribution < -0.4 is 4.74 Å². The summed E-state index contributed by atoms with van der Waals surface area (Å²) in [6.07, 6.45) is 2.06. The van der Waals surface area contributed by atoms with Gasteiger partial charge in [-0.1, -0.05) is 0 Å². The third-order valence-electron chi connectivity index (χ3n) is 2.04. The molecule has 0 spiro atoms. The number of ether oxygens (including phenoxy) is 1. The number of hydrogen-bond acceptors (Lipinski definition) is 3. The zero-order valence-electron chi connectivity index (χ0n) is 7.83. The van der Waals surface area contributed by atoms with Gasteiger partial charge in [-0.2, -0.15) is 0 Å². The lowest BCUT2D eigenvalue weighted by atomic mass is 10.2. The van der Waals surface area contributed by atoms with Crippen LogP contribution in [0.5, 0.6) is 5.75 Å². The van der Waals surface area contributed by atoms with E-state index in [9.17, 15) is 0 Å². The minimum Gasteiger partial charge on any atom is -0.495 e. The molecule has 1 heterocycles. The largest absolute Gasteiger partial charge is 0.495 e. The lowest BCUT2D eigenvalue weighted by Crippen LogP contribution is -1.86. The molecule has 14 heavy (non-hydrogen) atoms. The van der Waals surface area contributed by atoms with Crippen LogP contribution in [0.15, 0.2) is 26.9 Å². The third-order valence-corrected chi connectivity index (χ3v) is 4.80. The summed E-state index contributed by atoms with van der Waals surface area (Å²) in [5.41, 5.74) is 0. The first-order valence-electron chi connectivity index (χ1n) is 4.05. The molecule has 0 amide bonds. The summed E-state index contributed by atoms with van der Waals surface area (Å²) in [6.45, 7) is 0. The van der Waals surface area contributed by atoms with Crippen molar-refractivity contribution < 1.29 is 4.74 Å². The summed E-state index contributed by atoms with van der Waals surface area (Å²) in [4.78, 5) is 1.17. The van der Waals surface area contributed by atoms with Crippen molar-refractivity contribution in [1.29, 1.82) is 0 Å². The van der Waals surface area contributed by atoms with E-state index in [-0.39, 0.29) is 0 Å². The highest BCUT2D eigenvalue weighted by atomic mass is 79.9. The van der Waals surface area contributed by atoms with Crippen molar-refractivity contribution in [3.8, 4) is 5.75 Å². The molecular weight excluding hydrogens is 280 g/mol. The number of fused-ring (bicyclic) bond motifs is 1. The van der Waals surface area contributed by atoms with Gasteiger partial charge in [-0.3, -0.25) is 0 Å². The van der Waals surface area contributed by atoms with Crippen LogP contribution in [0.25, 0.3) is 10.1 Å². The molecule has 1 aromatic heterocycles. The van der Waals surface area contributed by atoms with Crippen molar-refractivity contribution in [1.82, 2.24) is 0 Å². The molecule has 1 aromatic carbocycles. The zero-order valence-corrected chi connectivity index (χ0v) is 11.1. The molecule has 1 nitrogen and oxygen atoms in total. The maximum absolute atomic E-state index is 5.35. The van der Waals surface area contributed by atoms with E-state index in [1.165, 1.54) is 15.0 Å². The Bertz CT molecular complexity index is 464. The van der Waals surface area contributed by atoms with E-state index >= 15 is 0 Å². The van der Waals surface area contributed by atoms with Gasteiger partial charge in [-0.25, -0.2) is 0 Å². The van der Waals surface area contributed by atoms with Gasteiger partial charge in [0.05, 0.1) is 12.0 Å². The molecule has 0 unspecified atom stereocenters. The van der Waals surface area contributed by atoms with Crippen LogP contribution in [-0.2, 0) is 0 Å². The van der Waals surface area contributed by atoms with Crippen molar-refractivity contribution in [3.05, 3.63) is 22.0 Å². The second-order valence-electron chi connectivity index (χ2n) is 2.76. The van der Waals surface area contributed by atoms with E-state index in [4.69, 9.17) is 4.74 Å². The van der Waals surface area contributed by atoms with E-state index in [2.05, 4.69) is 39.7 Å². The van der Waals surface area contributed by atoms with E-state index in [1.807, 2.05) is 0 Å². The predicted octanol–water partition coefficient (Wildman–Crippen LogP) is 4.39. The minimum absolute atomic E-state index is 0.944. The molecule has 2 rings (SSSR count). The fourth-order valence-electron chi connectivity index (χ4n) is 1.37. The normalized spacial score (nSPS) is 10.8. The molecule has 0 aliphatic carbocycles. The van der Waals surface area contributed by atoms with Crippen LogP contribution in [0, 0.1) is 0 Å². The maximum atomic E-state index is 5.35. The molecule has 0 aliphatic heterocycles. The van der Waals surface area contributed by atoms with Crippen molar-refractivity contribution in [2.24, 2.45) is 0 Å². The summed E-state index contributed by atoms with van der Waals surface area (Å²) in [5.74, 6) is 0.944. The topological polar surface area (TPSA) is 9.23 Å². The van der Waals surface area contributed by atoms with Crippen molar-refractivity contribution in [2.45, 2.75) is 4.90 Å². The molecular formula is C10H9BrOS2. The Morgan fingerprint density at radius 3 is 2.93 bits per heavy atom. The maximum Gasteiger partial charge on any atom is 0.135 e. The van der Waals surface area contributed by atoms with Gasteiger partial charge in [0.1, 0.15) is 5.75 Å². The number of thiophene rings is 1. The average molecular weight is 289 g/mol. The Kier molecular flexibility index (Phi) is 3.04. The van der Waals surface area contributed by atoms with E-state index in [0.29, 0.717) is 0 Å². The van der Waals surface area contributed by atoms with Crippen molar-refractivity contribution in [3.63, 3.8) is 0 Å². The molecule has 0 N–H and O–H groups in total. The number of rotatable bonds is 2. The first-order chi connectivity index (χ1) is 6.77.